The summed E-state index contributed by atoms with van der Waals surface area (Å²) in [4.78, 5) is 29.6. The number of hydrogen-bond acceptors (Lipinski definition) is 5. The van der Waals surface area contributed by atoms with Gasteiger partial charge in [-0.05, 0) is 24.3 Å². The minimum absolute atomic E-state index is 0.147. The number of oxazole rings is 1. The van der Waals surface area contributed by atoms with Crippen molar-refractivity contribution in [1.82, 2.24) is 9.88 Å². The van der Waals surface area contributed by atoms with Crippen molar-refractivity contribution in [1.29, 1.82) is 0 Å². The van der Waals surface area contributed by atoms with E-state index in [9.17, 15) is 18.4 Å². The number of amides is 1. The number of aromatic nitrogens is 1. The van der Waals surface area contributed by atoms with Crippen LogP contribution in [-0.4, -0.2) is 48.6 Å². The smallest absolute Gasteiger partial charge is 0.417 e. The van der Waals surface area contributed by atoms with Gasteiger partial charge in [-0.25, -0.2) is 13.6 Å². The van der Waals surface area contributed by atoms with E-state index in [2.05, 4.69) is 4.98 Å². The van der Waals surface area contributed by atoms with E-state index in [1.54, 1.807) is 23.1 Å². The summed E-state index contributed by atoms with van der Waals surface area (Å²) < 4.78 is 36.9. The summed E-state index contributed by atoms with van der Waals surface area (Å²) in [6, 6.07) is 8.60. The van der Waals surface area contributed by atoms with Crippen molar-refractivity contribution < 1.29 is 22.7 Å². The second-order valence-corrected chi connectivity index (χ2v) is 6.43. The molecule has 28 heavy (non-hydrogen) atoms. The SMILES string of the molecule is O=C(COc1ccc2[nH]c(=O)oc2c1)N1CCN(c2ccc(F)c(F)c2)CC1. The van der Waals surface area contributed by atoms with Gasteiger partial charge in [-0.2, -0.15) is 0 Å². The molecule has 9 heteroatoms. The Morgan fingerprint density at radius 1 is 1.07 bits per heavy atom. The summed E-state index contributed by atoms with van der Waals surface area (Å²) in [7, 11) is 0. The number of hydrogen-bond donors (Lipinski definition) is 1. The van der Waals surface area contributed by atoms with Crippen molar-refractivity contribution in [3.63, 3.8) is 0 Å². The van der Waals surface area contributed by atoms with E-state index in [0.717, 1.165) is 12.1 Å². The number of halogens is 2. The van der Waals surface area contributed by atoms with Crippen LogP contribution in [0.5, 0.6) is 5.75 Å². The first kappa shape index (κ1) is 18.0. The number of carbonyl (C=O) groups is 1. The Balaban J connectivity index is 1.32. The van der Waals surface area contributed by atoms with Crippen LogP contribution in [-0.2, 0) is 4.79 Å². The van der Waals surface area contributed by atoms with E-state index in [0.29, 0.717) is 48.7 Å². The molecule has 1 aliphatic heterocycles. The molecule has 0 spiro atoms. The van der Waals surface area contributed by atoms with Crippen LogP contribution in [0.2, 0.25) is 0 Å². The zero-order valence-corrected chi connectivity index (χ0v) is 14.8. The third kappa shape index (κ3) is 3.68. The predicted molar refractivity (Wildman–Crippen MR) is 97.5 cm³/mol. The van der Waals surface area contributed by atoms with E-state index in [4.69, 9.17) is 9.15 Å². The lowest BCUT2D eigenvalue weighted by Gasteiger charge is -2.36. The Labute approximate surface area is 158 Å². The fourth-order valence-corrected chi connectivity index (χ4v) is 3.15. The number of nitrogens with one attached hydrogen (secondary N) is 1. The van der Waals surface area contributed by atoms with Crippen molar-refractivity contribution in [2.24, 2.45) is 0 Å². The fourth-order valence-electron chi connectivity index (χ4n) is 3.15. The molecule has 1 amide bonds. The van der Waals surface area contributed by atoms with Gasteiger partial charge in [-0.1, -0.05) is 0 Å². The van der Waals surface area contributed by atoms with Gasteiger partial charge in [0.25, 0.3) is 5.91 Å². The Morgan fingerprint density at radius 3 is 2.61 bits per heavy atom. The van der Waals surface area contributed by atoms with Crippen LogP contribution >= 0.6 is 0 Å². The van der Waals surface area contributed by atoms with Gasteiger partial charge < -0.3 is 19.0 Å². The predicted octanol–water partition coefficient (Wildman–Crippen LogP) is 2.13. The molecule has 4 rings (SSSR count). The summed E-state index contributed by atoms with van der Waals surface area (Å²) in [6.07, 6.45) is 0. The first-order valence-corrected chi connectivity index (χ1v) is 8.73. The van der Waals surface area contributed by atoms with Crippen LogP contribution in [0, 0.1) is 11.6 Å². The lowest BCUT2D eigenvalue weighted by Crippen LogP contribution is -2.50. The maximum absolute atomic E-state index is 13.4. The molecule has 2 aromatic carbocycles. The van der Waals surface area contributed by atoms with Crippen LogP contribution in [0.3, 0.4) is 0 Å². The van der Waals surface area contributed by atoms with Crippen molar-refractivity contribution in [2.45, 2.75) is 0 Å². The highest BCUT2D eigenvalue weighted by atomic mass is 19.2. The standard InChI is InChI=1S/C19H17F2N3O4/c20-14-3-1-12(9-15(14)21)23-5-7-24(8-6-23)18(25)11-27-13-2-4-16-17(10-13)28-19(26)22-16/h1-4,9-10H,5-8,11H2,(H,22,26). The Kier molecular flexibility index (Phi) is 4.72. The number of rotatable bonds is 4. The number of carbonyl (C=O) groups excluding carboxylic acids is 1. The number of benzene rings is 2. The van der Waals surface area contributed by atoms with Gasteiger partial charge in [0.2, 0.25) is 0 Å². The number of H-pyrrole nitrogens is 1. The van der Waals surface area contributed by atoms with E-state index in [1.807, 2.05) is 4.90 Å². The molecule has 2 heterocycles. The first-order valence-electron chi connectivity index (χ1n) is 8.73. The number of nitrogens with zero attached hydrogens (tertiary/aromatic N) is 2. The van der Waals surface area contributed by atoms with Crippen molar-refractivity contribution in [2.75, 3.05) is 37.7 Å². The average Bonchev–Trinajstić information content (AvgIpc) is 3.07. The molecule has 1 saturated heterocycles. The molecule has 0 saturated carbocycles. The molecular weight excluding hydrogens is 372 g/mol. The van der Waals surface area contributed by atoms with Gasteiger partial charge in [-0.15, -0.1) is 0 Å². The van der Waals surface area contributed by atoms with Gasteiger partial charge >= 0.3 is 5.76 Å². The summed E-state index contributed by atoms with van der Waals surface area (Å²) in [5.41, 5.74) is 1.50. The van der Waals surface area contributed by atoms with E-state index in [1.165, 1.54) is 6.07 Å². The highest BCUT2D eigenvalue weighted by Gasteiger charge is 2.22. The minimum atomic E-state index is -0.889. The normalized spacial score (nSPS) is 14.5. The zero-order valence-electron chi connectivity index (χ0n) is 14.8. The molecule has 3 aromatic rings. The molecule has 0 bridgehead atoms. The van der Waals surface area contributed by atoms with Gasteiger partial charge in [0.05, 0.1) is 5.52 Å². The quantitative estimate of drug-likeness (QED) is 0.740. The van der Waals surface area contributed by atoms with Crippen molar-refractivity contribution in [3.8, 4) is 5.75 Å². The van der Waals surface area contributed by atoms with E-state index in [-0.39, 0.29) is 12.5 Å². The lowest BCUT2D eigenvalue weighted by molar-refractivity contribution is -0.133. The first-order chi connectivity index (χ1) is 13.5. The molecule has 0 atom stereocenters. The average molecular weight is 389 g/mol. The molecule has 1 fully saturated rings. The second-order valence-electron chi connectivity index (χ2n) is 6.43. The second kappa shape index (κ2) is 7.34. The molecule has 7 nitrogen and oxygen atoms in total. The minimum Gasteiger partial charge on any atom is -0.484 e. The monoisotopic (exact) mass is 389 g/mol. The third-order valence-corrected chi connectivity index (χ3v) is 4.66. The fraction of sp³-hybridized carbons (Fsp3) is 0.263. The molecule has 0 aliphatic carbocycles. The Hall–Kier alpha value is -3.36. The summed E-state index contributed by atoms with van der Waals surface area (Å²) in [5.74, 6) is -2.09. The van der Waals surface area contributed by atoms with Crippen LogP contribution in [0.4, 0.5) is 14.5 Å². The maximum atomic E-state index is 13.4. The molecule has 0 radical (unpaired) electrons. The zero-order chi connectivity index (χ0) is 19.7. The van der Waals surface area contributed by atoms with Gasteiger partial charge in [0.15, 0.2) is 23.8 Å². The largest absolute Gasteiger partial charge is 0.484 e. The lowest BCUT2D eigenvalue weighted by atomic mass is 10.2. The molecular formula is C19H17F2N3O4. The topological polar surface area (TPSA) is 78.8 Å². The molecule has 1 aliphatic rings. The number of piperazine rings is 1. The van der Waals surface area contributed by atoms with E-state index >= 15 is 0 Å². The van der Waals surface area contributed by atoms with Crippen molar-refractivity contribution >= 4 is 22.7 Å². The molecule has 146 valence electrons. The number of aromatic amines is 1. The van der Waals surface area contributed by atoms with Gasteiger partial charge in [-0.3, -0.25) is 9.78 Å². The highest BCUT2D eigenvalue weighted by Crippen LogP contribution is 2.20. The third-order valence-electron chi connectivity index (χ3n) is 4.66. The summed E-state index contributed by atoms with van der Waals surface area (Å²) >= 11 is 0. The van der Waals surface area contributed by atoms with Gasteiger partial charge in [0, 0.05) is 44.0 Å². The Bertz CT molecular complexity index is 1070. The summed E-state index contributed by atoms with van der Waals surface area (Å²) in [5, 5.41) is 0. The van der Waals surface area contributed by atoms with Crippen LogP contribution < -0.4 is 15.4 Å². The van der Waals surface area contributed by atoms with Crippen molar-refractivity contribution in [3.05, 3.63) is 58.6 Å². The maximum Gasteiger partial charge on any atom is 0.417 e. The van der Waals surface area contributed by atoms with Crippen LogP contribution in [0.15, 0.2) is 45.6 Å². The van der Waals surface area contributed by atoms with Crippen LogP contribution in [0.25, 0.3) is 11.1 Å². The highest BCUT2D eigenvalue weighted by molar-refractivity contribution is 5.78. The van der Waals surface area contributed by atoms with Crippen LogP contribution in [0.1, 0.15) is 0 Å². The molecule has 1 aromatic heterocycles. The molecule has 0 unspecified atom stereocenters. The Morgan fingerprint density at radius 2 is 1.86 bits per heavy atom. The van der Waals surface area contributed by atoms with Gasteiger partial charge in [0.1, 0.15) is 5.75 Å². The summed E-state index contributed by atoms with van der Waals surface area (Å²) in [6.45, 7) is 1.78. The number of ether oxygens (including phenoxy) is 1. The van der Waals surface area contributed by atoms with E-state index < -0.39 is 17.4 Å². The molecule has 1 N–H and O–H groups in total. The number of fused-ring (bicyclic) bond motifs is 1. The number of anilines is 1.